The van der Waals surface area contributed by atoms with Gasteiger partial charge in [-0.25, -0.2) is 4.68 Å². The van der Waals surface area contributed by atoms with Crippen molar-refractivity contribution in [3.63, 3.8) is 0 Å². The fraction of sp³-hybridized carbons (Fsp3) is 0.278. The summed E-state index contributed by atoms with van der Waals surface area (Å²) in [5.74, 6) is 0.124. The van der Waals surface area contributed by atoms with Crippen molar-refractivity contribution in [2.45, 2.75) is 27.7 Å². The zero-order valence-corrected chi connectivity index (χ0v) is 14.3. The number of nitrogen functional groups attached to an aromatic ring is 1. The number of aromatic nitrogens is 2. The summed E-state index contributed by atoms with van der Waals surface area (Å²) in [7, 11) is 0. The summed E-state index contributed by atoms with van der Waals surface area (Å²) >= 11 is 0. The molecule has 24 heavy (non-hydrogen) atoms. The molecule has 6 heteroatoms. The standard InChI is InChI=1S/C18H21N5O/c1-12(18(2,3)4)9-16(24)22-14-5-7-15(8-6-14)23-17(20)13(10-19)11-21-23/h5-9,11H,20H2,1-4H3,(H,22,24)/b12-9+. The molecule has 1 amide bonds. The van der Waals surface area contributed by atoms with E-state index in [1.807, 2.05) is 13.0 Å². The van der Waals surface area contributed by atoms with E-state index in [1.165, 1.54) is 10.9 Å². The molecule has 0 aliphatic rings. The highest BCUT2D eigenvalue weighted by molar-refractivity contribution is 5.99. The summed E-state index contributed by atoms with van der Waals surface area (Å²) in [4.78, 5) is 12.1. The molecule has 6 nitrogen and oxygen atoms in total. The SMILES string of the molecule is C/C(=C\C(=O)Nc1ccc(-n2ncc(C#N)c2N)cc1)C(C)(C)C. The van der Waals surface area contributed by atoms with Gasteiger partial charge in [-0.05, 0) is 36.6 Å². The molecule has 0 radical (unpaired) electrons. The first-order chi connectivity index (χ1) is 11.2. The normalized spacial score (nSPS) is 11.9. The van der Waals surface area contributed by atoms with Crippen LogP contribution in [0.25, 0.3) is 5.69 Å². The number of hydrogen-bond donors (Lipinski definition) is 2. The average molecular weight is 323 g/mol. The minimum atomic E-state index is -0.166. The summed E-state index contributed by atoms with van der Waals surface area (Å²) in [5.41, 5.74) is 8.54. The highest BCUT2D eigenvalue weighted by Crippen LogP contribution is 2.24. The zero-order valence-electron chi connectivity index (χ0n) is 14.3. The number of nitriles is 1. The Balaban J connectivity index is 2.14. The maximum Gasteiger partial charge on any atom is 0.248 e. The summed E-state index contributed by atoms with van der Waals surface area (Å²) in [5, 5.41) is 15.8. The van der Waals surface area contributed by atoms with Crippen molar-refractivity contribution in [2.75, 3.05) is 11.1 Å². The van der Waals surface area contributed by atoms with Crippen molar-refractivity contribution in [3.05, 3.63) is 47.7 Å². The first kappa shape index (κ1) is 17.3. The van der Waals surface area contributed by atoms with E-state index in [0.717, 1.165) is 5.57 Å². The first-order valence-corrected chi connectivity index (χ1v) is 7.56. The number of anilines is 2. The smallest absolute Gasteiger partial charge is 0.248 e. The molecule has 0 fully saturated rings. The van der Waals surface area contributed by atoms with Crippen molar-refractivity contribution in [2.24, 2.45) is 5.41 Å². The number of carbonyl (C=O) groups is 1. The number of nitrogens with one attached hydrogen (secondary N) is 1. The lowest BCUT2D eigenvalue weighted by Crippen LogP contribution is -2.13. The molecule has 1 heterocycles. The van der Waals surface area contributed by atoms with Gasteiger partial charge >= 0.3 is 0 Å². The van der Waals surface area contributed by atoms with Crippen LogP contribution < -0.4 is 11.1 Å². The largest absolute Gasteiger partial charge is 0.382 e. The second-order valence-electron chi connectivity index (χ2n) is 6.58. The maximum atomic E-state index is 12.1. The van der Waals surface area contributed by atoms with Crippen LogP contribution in [0, 0.1) is 16.7 Å². The summed E-state index contributed by atoms with van der Waals surface area (Å²) in [6.07, 6.45) is 3.03. The van der Waals surface area contributed by atoms with Gasteiger partial charge in [0.1, 0.15) is 17.5 Å². The van der Waals surface area contributed by atoms with E-state index in [4.69, 9.17) is 11.0 Å². The molecule has 0 bridgehead atoms. The second kappa shape index (κ2) is 6.59. The van der Waals surface area contributed by atoms with E-state index in [1.54, 1.807) is 30.3 Å². The van der Waals surface area contributed by atoms with Gasteiger partial charge in [-0.1, -0.05) is 26.3 Å². The minimum Gasteiger partial charge on any atom is -0.382 e. The fourth-order valence-electron chi connectivity index (χ4n) is 1.93. The molecule has 0 atom stereocenters. The molecule has 0 aliphatic heterocycles. The topological polar surface area (TPSA) is 96.7 Å². The van der Waals surface area contributed by atoms with E-state index in [2.05, 4.69) is 31.2 Å². The zero-order chi connectivity index (χ0) is 17.9. The molecule has 0 spiro atoms. The Morgan fingerprint density at radius 1 is 1.33 bits per heavy atom. The quantitative estimate of drug-likeness (QED) is 0.847. The van der Waals surface area contributed by atoms with Gasteiger partial charge in [0.2, 0.25) is 5.91 Å². The Kier molecular flexibility index (Phi) is 4.74. The number of nitrogens with zero attached hydrogens (tertiary/aromatic N) is 3. The molecule has 0 unspecified atom stereocenters. The van der Waals surface area contributed by atoms with Crippen LogP contribution in [0.2, 0.25) is 0 Å². The van der Waals surface area contributed by atoms with Crippen molar-refractivity contribution < 1.29 is 4.79 Å². The predicted molar refractivity (Wildman–Crippen MR) is 94.5 cm³/mol. The van der Waals surface area contributed by atoms with E-state index in [9.17, 15) is 4.79 Å². The number of hydrogen-bond acceptors (Lipinski definition) is 4. The highest BCUT2D eigenvalue weighted by atomic mass is 16.1. The molecule has 3 N–H and O–H groups in total. The van der Waals surface area contributed by atoms with Gasteiger partial charge in [0.25, 0.3) is 0 Å². The Morgan fingerprint density at radius 3 is 2.46 bits per heavy atom. The number of amides is 1. The Morgan fingerprint density at radius 2 is 1.96 bits per heavy atom. The Bertz CT molecular complexity index is 817. The third-order valence-electron chi connectivity index (χ3n) is 3.84. The van der Waals surface area contributed by atoms with Crippen molar-refractivity contribution in [3.8, 4) is 11.8 Å². The molecule has 0 saturated carbocycles. The van der Waals surface area contributed by atoms with E-state index in [-0.39, 0.29) is 17.1 Å². The average Bonchev–Trinajstić information content (AvgIpc) is 2.88. The van der Waals surface area contributed by atoms with Gasteiger partial charge < -0.3 is 11.1 Å². The van der Waals surface area contributed by atoms with Crippen LogP contribution in [0.15, 0.2) is 42.1 Å². The number of carbonyl (C=O) groups excluding carboxylic acids is 1. The third kappa shape index (κ3) is 3.82. The van der Waals surface area contributed by atoms with Gasteiger partial charge in [-0.2, -0.15) is 10.4 Å². The number of rotatable bonds is 3. The summed E-state index contributed by atoms with van der Waals surface area (Å²) in [6, 6.07) is 9.07. The van der Waals surface area contributed by atoms with Crippen molar-refractivity contribution >= 4 is 17.4 Å². The molecule has 0 saturated heterocycles. The van der Waals surface area contributed by atoms with Gasteiger partial charge in [-0.15, -0.1) is 0 Å². The summed E-state index contributed by atoms with van der Waals surface area (Å²) in [6.45, 7) is 8.12. The van der Waals surface area contributed by atoms with Crippen molar-refractivity contribution in [1.29, 1.82) is 5.26 Å². The molecule has 2 rings (SSSR count). The number of allylic oxidation sites excluding steroid dienone is 1. The first-order valence-electron chi connectivity index (χ1n) is 7.56. The van der Waals surface area contributed by atoms with Crippen molar-refractivity contribution in [1.82, 2.24) is 9.78 Å². The lowest BCUT2D eigenvalue weighted by Gasteiger charge is -2.19. The van der Waals surface area contributed by atoms with Gasteiger partial charge in [0.15, 0.2) is 0 Å². The molecule has 1 aromatic heterocycles. The van der Waals surface area contributed by atoms with Gasteiger partial charge in [-0.3, -0.25) is 4.79 Å². The second-order valence-corrected chi connectivity index (χ2v) is 6.58. The van der Waals surface area contributed by atoms with Crippen LogP contribution in [0.4, 0.5) is 11.5 Å². The van der Waals surface area contributed by atoms with Crippen LogP contribution in [0.1, 0.15) is 33.3 Å². The van der Waals surface area contributed by atoms with Crippen LogP contribution in [-0.4, -0.2) is 15.7 Å². The Labute approximate surface area is 141 Å². The third-order valence-corrected chi connectivity index (χ3v) is 3.84. The molecule has 0 aliphatic carbocycles. The van der Waals surface area contributed by atoms with E-state index >= 15 is 0 Å². The molecular weight excluding hydrogens is 302 g/mol. The molecule has 124 valence electrons. The van der Waals surface area contributed by atoms with Gasteiger partial charge in [0.05, 0.1) is 11.9 Å². The van der Waals surface area contributed by atoms with Crippen LogP contribution in [0.3, 0.4) is 0 Å². The monoisotopic (exact) mass is 323 g/mol. The lowest BCUT2D eigenvalue weighted by atomic mass is 9.87. The van der Waals surface area contributed by atoms with Crippen LogP contribution >= 0.6 is 0 Å². The molecule has 1 aromatic carbocycles. The van der Waals surface area contributed by atoms with E-state index in [0.29, 0.717) is 16.9 Å². The number of nitrogens with two attached hydrogens (primary N) is 1. The maximum absolute atomic E-state index is 12.1. The summed E-state index contributed by atoms with van der Waals surface area (Å²) < 4.78 is 1.48. The molecular formula is C18H21N5O. The predicted octanol–water partition coefficient (Wildman–Crippen LogP) is 3.26. The van der Waals surface area contributed by atoms with Gasteiger partial charge in [0, 0.05) is 11.8 Å². The lowest BCUT2D eigenvalue weighted by molar-refractivity contribution is -0.112. The molecule has 2 aromatic rings. The van der Waals surface area contributed by atoms with E-state index < -0.39 is 0 Å². The van der Waals surface area contributed by atoms with Crippen LogP contribution in [-0.2, 0) is 4.79 Å². The highest BCUT2D eigenvalue weighted by Gasteiger charge is 2.14. The minimum absolute atomic E-state index is 0.0444. The Hall–Kier alpha value is -3.07. The van der Waals surface area contributed by atoms with Crippen LogP contribution in [0.5, 0.6) is 0 Å². The fourth-order valence-corrected chi connectivity index (χ4v) is 1.93. The number of benzene rings is 1.